The highest BCUT2D eigenvalue weighted by Crippen LogP contribution is 2.29. The Kier molecular flexibility index (Phi) is 4.66. The lowest BCUT2D eigenvalue weighted by atomic mass is 10.0. The average Bonchev–Trinajstić information content (AvgIpc) is 2.14. The smallest absolute Gasteiger partial charge is 0.381 e. The highest BCUT2D eigenvalue weighted by atomic mass is 32.2. The van der Waals surface area contributed by atoms with Crippen LogP contribution in [0.5, 0.6) is 0 Å². The van der Waals surface area contributed by atoms with Crippen LogP contribution in [0.1, 0.15) is 26.7 Å². The predicted octanol–water partition coefficient (Wildman–Crippen LogP) is 2.57. The highest BCUT2D eigenvalue weighted by molar-refractivity contribution is 7.87. The normalized spacial score (nSPS) is 21.9. The minimum Gasteiger partial charge on any atom is -0.381 e. The first-order valence-corrected chi connectivity index (χ1v) is 6.85. The number of alkyl halides is 3. The van der Waals surface area contributed by atoms with E-state index in [0.29, 0.717) is 6.42 Å². The second-order valence-electron chi connectivity index (χ2n) is 4.40. The first kappa shape index (κ1) is 15.3. The Balaban J connectivity index is 2.76. The van der Waals surface area contributed by atoms with Crippen LogP contribution >= 0.6 is 0 Å². The lowest BCUT2D eigenvalue weighted by molar-refractivity contribution is -0.0531. The van der Waals surface area contributed by atoms with Gasteiger partial charge in [-0.05, 0) is 18.4 Å². The van der Waals surface area contributed by atoms with Crippen molar-refractivity contribution in [1.29, 1.82) is 0 Å². The maximum Gasteiger partial charge on any atom is 0.534 e. The summed E-state index contributed by atoms with van der Waals surface area (Å²) >= 11 is 0. The Labute approximate surface area is 104 Å². The van der Waals surface area contributed by atoms with E-state index in [-0.39, 0.29) is 24.7 Å². The van der Waals surface area contributed by atoms with Gasteiger partial charge in [-0.3, -0.25) is 0 Å². The first-order valence-electron chi connectivity index (χ1n) is 5.45. The molecule has 18 heavy (non-hydrogen) atoms. The molecule has 0 fully saturated rings. The van der Waals surface area contributed by atoms with Crippen molar-refractivity contribution < 1.29 is 30.5 Å². The van der Waals surface area contributed by atoms with Gasteiger partial charge in [0.1, 0.15) is 5.76 Å². The molecule has 1 aliphatic heterocycles. The second kappa shape index (κ2) is 5.48. The molecule has 0 bridgehead atoms. The molecular formula is C10H15F3O4S. The van der Waals surface area contributed by atoms with Crippen LogP contribution in [0, 0.1) is 5.92 Å². The Bertz CT molecular complexity index is 411. The number of ether oxygens (including phenoxy) is 1. The van der Waals surface area contributed by atoms with E-state index in [1.165, 1.54) is 6.08 Å². The number of hydrogen-bond donors (Lipinski definition) is 0. The van der Waals surface area contributed by atoms with Gasteiger partial charge in [0.05, 0.1) is 12.7 Å². The molecule has 0 spiro atoms. The minimum atomic E-state index is -5.57. The Hall–Kier alpha value is -0.760. The van der Waals surface area contributed by atoms with Gasteiger partial charge in [-0.1, -0.05) is 13.8 Å². The summed E-state index contributed by atoms with van der Waals surface area (Å²) in [6, 6.07) is 0. The van der Waals surface area contributed by atoms with Crippen LogP contribution in [0.25, 0.3) is 0 Å². The molecule has 106 valence electrons. The van der Waals surface area contributed by atoms with Gasteiger partial charge in [-0.25, -0.2) is 0 Å². The fraction of sp³-hybridized carbons (Fsp3) is 0.800. The van der Waals surface area contributed by atoms with Crippen LogP contribution < -0.4 is 0 Å². The highest BCUT2D eigenvalue weighted by Gasteiger charge is 2.49. The minimum absolute atomic E-state index is 0.0178. The largest absolute Gasteiger partial charge is 0.534 e. The molecule has 1 unspecified atom stereocenters. The van der Waals surface area contributed by atoms with E-state index in [2.05, 4.69) is 4.18 Å². The van der Waals surface area contributed by atoms with Gasteiger partial charge in [0.15, 0.2) is 0 Å². The van der Waals surface area contributed by atoms with Crippen molar-refractivity contribution in [2.24, 2.45) is 5.92 Å². The van der Waals surface area contributed by atoms with E-state index in [1.54, 1.807) is 0 Å². The zero-order chi connectivity index (χ0) is 14.0. The summed E-state index contributed by atoms with van der Waals surface area (Å²) in [4.78, 5) is 0. The zero-order valence-corrected chi connectivity index (χ0v) is 10.8. The van der Waals surface area contributed by atoms with Crippen molar-refractivity contribution >= 4 is 10.1 Å². The van der Waals surface area contributed by atoms with Gasteiger partial charge in [0.25, 0.3) is 0 Å². The van der Waals surface area contributed by atoms with Gasteiger partial charge in [0, 0.05) is 6.42 Å². The van der Waals surface area contributed by atoms with E-state index < -0.39 is 21.7 Å². The van der Waals surface area contributed by atoms with Crippen LogP contribution in [0.2, 0.25) is 0 Å². The van der Waals surface area contributed by atoms with Gasteiger partial charge < -0.3 is 8.92 Å². The van der Waals surface area contributed by atoms with Crippen LogP contribution in [-0.2, 0) is 19.0 Å². The summed E-state index contributed by atoms with van der Waals surface area (Å²) in [5.41, 5.74) is -5.40. The van der Waals surface area contributed by atoms with Crippen LogP contribution in [0.4, 0.5) is 13.2 Å². The quantitative estimate of drug-likeness (QED) is 0.589. The van der Waals surface area contributed by atoms with Crippen LogP contribution in [-0.4, -0.2) is 26.6 Å². The SMILES string of the molecule is CC(C)CC1C=C(OS(=O)(=O)C(F)(F)F)CCO1. The van der Waals surface area contributed by atoms with E-state index >= 15 is 0 Å². The molecule has 0 saturated heterocycles. The number of hydrogen-bond acceptors (Lipinski definition) is 4. The fourth-order valence-corrected chi connectivity index (χ4v) is 2.02. The summed E-state index contributed by atoms with van der Waals surface area (Å²) < 4.78 is 67.4. The third kappa shape index (κ3) is 4.16. The third-order valence-electron chi connectivity index (χ3n) is 2.26. The summed E-state index contributed by atoms with van der Waals surface area (Å²) in [5, 5.41) is 0. The molecule has 0 N–H and O–H groups in total. The molecule has 8 heteroatoms. The van der Waals surface area contributed by atoms with Gasteiger partial charge >= 0.3 is 15.6 Å². The molecule has 1 atom stereocenters. The summed E-state index contributed by atoms with van der Waals surface area (Å²) in [7, 11) is -5.57. The van der Waals surface area contributed by atoms with Crippen LogP contribution in [0.3, 0.4) is 0 Å². The van der Waals surface area contributed by atoms with E-state index in [4.69, 9.17) is 4.74 Å². The van der Waals surface area contributed by atoms with Crippen molar-refractivity contribution in [2.45, 2.75) is 38.3 Å². The molecule has 4 nitrogen and oxygen atoms in total. The summed E-state index contributed by atoms with van der Waals surface area (Å²) in [6.45, 7) is 4.01. The molecule has 1 aliphatic rings. The number of halogens is 3. The van der Waals surface area contributed by atoms with Crippen molar-refractivity contribution in [2.75, 3.05) is 6.61 Å². The van der Waals surface area contributed by atoms with E-state index in [0.717, 1.165) is 0 Å². The molecule has 0 aromatic rings. The molecule has 0 aromatic heterocycles. The third-order valence-corrected chi connectivity index (χ3v) is 3.26. The average molecular weight is 288 g/mol. The van der Waals surface area contributed by atoms with Crippen molar-refractivity contribution in [3.8, 4) is 0 Å². The molecular weight excluding hydrogens is 273 g/mol. The molecule has 1 rings (SSSR count). The lowest BCUT2D eigenvalue weighted by Gasteiger charge is -2.23. The Morgan fingerprint density at radius 3 is 2.61 bits per heavy atom. The molecule has 1 heterocycles. The first-order chi connectivity index (χ1) is 8.12. The van der Waals surface area contributed by atoms with Crippen molar-refractivity contribution in [3.05, 3.63) is 11.8 Å². The standard InChI is InChI=1S/C10H15F3O4S/c1-7(2)5-9-6-8(3-4-16-9)17-18(14,15)10(11,12)13/h6-7,9H,3-5H2,1-2H3. The maximum atomic E-state index is 12.1. The molecule has 0 aromatic carbocycles. The van der Waals surface area contributed by atoms with Crippen molar-refractivity contribution in [3.63, 3.8) is 0 Å². The van der Waals surface area contributed by atoms with Gasteiger partial charge in [-0.2, -0.15) is 21.6 Å². The maximum absolute atomic E-state index is 12.1. The Morgan fingerprint density at radius 1 is 1.50 bits per heavy atom. The number of rotatable bonds is 4. The second-order valence-corrected chi connectivity index (χ2v) is 5.94. The lowest BCUT2D eigenvalue weighted by Crippen LogP contribution is -2.27. The van der Waals surface area contributed by atoms with Crippen LogP contribution in [0.15, 0.2) is 11.8 Å². The monoisotopic (exact) mass is 288 g/mol. The molecule has 0 amide bonds. The van der Waals surface area contributed by atoms with Crippen molar-refractivity contribution in [1.82, 2.24) is 0 Å². The van der Waals surface area contributed by atoms with E-state index in [9.17, 15) is 21.6 Å². The molecule has 0 saturated carbocycles. The molecule has 0 aliphatic carbocycles. The zero-order valence-electron chi connectivity index (χ0n) is 10.0. The summed E-state index contributed by atoms with van der Waals surface area (Å²) in [5.74, 6) is 0.0778. The topological polar surface area (TPSA) is 52.6 Å². The van der Waals surface area contributed by atoms with Gasteiger partial charge in [0.2, 0.25) is 0 Å². The fourth-order valence-electron chi connectivity index (χ4n) is 1.51. The summed E-state index contributed by atoms with van der Waals surface area (Å²) in [6.07, 6.45) is 1.51. The Morgan fingerprint density at radius 2 is 2.11 bits per heavy atom. The predicted molar refractivity (Wildman–Crippen MR) is 58.0 cm³/mol. The molecule has 0 radical (unpaired) electrons. The van der Waals surface area contributed by atoms with E-state index in [1.807, 2.05) is 13.8 Å². The van der Waals surface area contributed by atoms with Gasteiger partial charge in [-0.15, -0.1) is 0 Å².